The first-order chi connectivity index (χ1) is 5.00. The molecule has 1 rings (SSSR count). The summed E-state index contributed by atoms with van der Waals surface area (Å²) in [5, 5.41) is 0. The van der Waals surface area contributed by atoms with E-state index in [0.717, 1.165) is 6.07 Å². The van der Waals surface area contributed by atoms with Crippen molar-refractivity contribution in [2.45, 2.75) is 0 Å². The van der Waals surface area contributed by atoms with E-state index < -0.39 is 12.6 Å². The quantitative estimate of drug-likeness (QED) is 0.519. The van der Waals surface area contributed by atoms with E-state index in [-0.39, 0.29) is 57.2 Å². The van der Waals surface area contributed by atoms with Crippen LogP contribution in [0.3, 0.4) is 0 Å². The predicted molar refractivity (Wildman–Crippen MR) is 37.4 cm³/mol. The Morgan fingerprint density at radius 3 is 2.17 bits per heavy atom. The Balaban J connectivity index is 0.00000121. The van der Waals surface area contributed by atoms with E-state index in [1.807, 2.05) is 0 Å². The van der Waals surface area contributed by atoms with Gasteiger partial charge >= 0.3 is 58.4 Å². The standard InChI is InChI=1S/C5H5BF3N2.K/c7-6(8,9)4-2-1-3-5(10)11-4;/h1-3H,(H2,10,11);/q-1;+1. The molecule has 7 heteroatoms. The zero-order valence-electron chi connectivity index (χ0n) is 6.47. The summed E-state index contributed by atoms with van der Waals surface area (Å²) in [5.74, 6) is -0.110. The number of rotatable bonds is 1. The van der Waals surface area contributed by atoms with Crippen molar-refractivity contribution in [3.8, 4) is 0 Å². The largest absolute Gasteiger partial charge is 1.00 e. The molecule has 2 N–H and O–H groups in total. The maximum atomic E-state index is 11.9. The van der Waals surface area contributed by atoms with Crippen LogP contribution < -0.4 is 62.7 Å². The van der Waals surface area contributed by atoms with Crippen LogP contribution in [0.2, 0.25) is 0 Å². The molecule has 0 fully saturated rings. The van der Waals surface area contributed by atoms with E-state index in [1.165, 1.54) is 12.1 Å². The monoisotopic (exact) mass is 200 g/mol. The molecular weight excluding hydrogens is 195 g/mol. The van der Waals surface area contributed by atoms with Crippen LogP contribution >= 0.6 is 0 Å². The summed E-state index contributed by atoms with van der Waals surface area (Å²) in [6, 6.07) is 3.44. The van der Waals surface area contributed by atoms with E-state index in [4.69, 9.17) is 5.73 Å². The van der Waals surface area contributed by atoms with Crippen molar-refractivity contribution in [1.82, 2.24) is 4.98 Å². The Kier molecular flexibility index (Phi) is 4.78. The second kappa shape index (κ2) is 4.61. The molecule has 0 saturated heterocycles. The molecular formula is C5H5BF3KN2. The Labute approximate surface area is 110 Å². The molecule has 0 unspecified atom stereocenters. The van der Waals surface area contributed by atoms with Gasteiger partial charge in [-0.2, -0.15) is 0 Å². The van der Waals surface area contributed by atoms with Crippen molar-refractivity contribution in [3.63, 3.8) is 0 Å². The Morgan fingerprint density at radius 1 is 1.25 bits per heavy atom. The van der Waals surface area contributed by atoms with Gasteiger partial charge in [0.15, 0.2) is 0 Å². The van der Waals surface area contributed by atoms with Gasteiger partial charge in [-0.25, -0.2) is 0 Å². The van der Waals surface area contributed by atoms with Crippen molar-refractivity contribution in [2.75, 3.05) is 5.73 Å². The van der Waals surface area contributed by atoms with Gasteiger partial charge in [0, 0.05) is 0 Å². The van der Waals surface area contributed by atoms with Gasteiger partial charge < -0.3 is 18.7 Å². The molecule has 0 aliphatic heterocycles. The summed E-state index contributed by atoms with van der Waals surface area (Å²) >= 11 is 0. The fourth-order valence-corrected chi connectivity index (χ4v) is 0.651. The van der Waals surface area contributed by atoms with Crippen LogP contribution in [0, 0.1) is 0 Å². The molecule has 1 aromatic heterocycles. The fourth-order valence-electron chi connectivity index (χ4n) is 0.651. The summed E-state index contributed by atoms with van der Waals surface area (Å²) in [4.78, 5) is 3.12. The first-order valence-corrected chi connectivity index (χ1v) is 2.92. The normalized spacial score (nSPS) is 10.6. The molecule has 12 heavy (non-hydrogen) atoms. The molecule has 1 aromatic rings. The fraction of sp³-hybridized carbons (Fsp3) is 0. The molecule has 0 aromatic carbocycles. The molecule has 0 radical (unpaired) electrons. The second-order valence-corrected chi connectivity index (χ2v) is 2.06. The summed E-state index contributed by atoms with van der Waals surface area (Å²) in [7, 11) is 0. The number of hydrogen-bond acceptors (Lipinski definition) is 2. The van der Waals surface area contributed by atoms with Crippen LogP contribution in [0.15, 0.2) is 18.2 Å². The number of hydrogen-bond donors (Lipinski definition) is 1. The van der Waals surface area contributed by atoms with E-state index in [2.05, 4.69) is 4.98 Å². The van der Waals surface area contributed by atoms with Crippen molar-refractivity contribution < 1.29 is 64.3 Å². The topological polar surface area (TPSA) is 38.9 Å². The van der Waals surface area contributed by atoms with Gasteiger partial charge in [0.2, 0.25) is 0 Å². The number of halogens is 3. The van der Waals surface area contributed by atoms with Crippen LogP contribution in [0.5, 0.6) is 0 Å². The molecule has 0 atom stereocenters. The summed E-state index contributed by atoms with van der Waals surface area (Å²) in [6.07, 6.45) is 0. The van der Waals surface area contributed by atoms with Gasteiger partial charge in [-0.15, -0.1) is 0 Å². The second-order valence-electron chi connectivity index (χ2n) is 2.06. The molecule has 1 heterocycles. The number of pyridine rings is 1. The maximum Gasteiger partial charge on any atom is 1.00 e. The van der Waals surface area contributed by atoms with Crippen molar-refractivity contribution in [2.24, 2.45) is 0 Å². The first kappa shape index (κ1) is 12.4. The van der Waals surface area contributed by atoms with Crippen LogP contribution in [-0.2, 0) is 0 Å². The Hall–Kier alpha value is 0.441. The summed E-state index contributed by atoms with van der Waals surface area (Å²) in [5.41, 5.74) is 4.16. The molecule has 0 bridgehead atoms. The maximum absolute atomic E-state index is 11.9. The summed E-state index contributed by atoms with van der Waals surface area (Å²) < 4.78 is 35.7. The zero-order chi connectivity index (χ0) is 8.48. The van der Waals surface area contributed by atoms with Crippen molar-refractivity contribution in [3.05, 3.63) is 18.2 Å². The smallest absolute Gasteiger partial charge is 0.444 e. The Bertz CT molecular complexity index is 265. The number of nitrogen functional groups attached to an aromatic ring is 1. The predicted octanol–water partition coefficient (Wildman–Crippen LogP) is -2.28. The van der Waals surface area contributed by atoms with E-state index in [9.17, 15) is 12.9 Å². The minimum absolute atomic E-state index is 0. The van der Waals surface area contributed by atoms with Crippen molar-refractivity contribution >= 4 is 18.4 Å². The van der Waals surface area contributed by atoms with E-state index >= 15 is 0 Å². The Morgan fingerprint density at radius 2 is 1.83 bits per heavy atom. The van der Waals surface area contributed by atoms with Gasteiger partial charge in [-0.1, -0.05) is 12.1 Å². The molecule has 0 aliphatic rings. The molecule has 2 nitrogen and oxygen atoms in total. The van der Waals surface area contributed by atoms with Crippen LogP contribution in [0.4, 0.5) is 18.8 Å². The van der Waals surface area contributed by atoms with Gasteiger partial charge in [-0.05, 0) is 11.7 Å². The van der Waals surface area contributed by atoms with Gasteiger partial charge in [0.25, 0.3) is 0 Å². The molecule has 60 valence electrons. The van der Waals surface area contributed by atoms with Gasteiger partial charge in [0.05, 0.1) is 0 Å². The van der Waals surface area contributed by atoms with Crippen LogP contribution in [-0.4, -0.2) is 12.0 Å². The van der Waals surface area contributed by atoms with Gasteiger partial charge in [0.1, 0.15) is 5.82 Å². The molecule has 0 aliphatic carbocycles. The molecule has 0 saturated carbocycles. The average Bonchev–Trinajstić information content (AvgIpc) is 1.86. The van der Waals surface area contributed by atoms with E-state index in [0.29, 0.717) is 0 Å². The average molecular weight is 200 g/mol. The number of aromatic nitrogens is 1. The number of nitrogens with zero attached hydrogens (tertiary/aromatic N) is 1. The van der Waals surface area contributed by atoms with Crippen molar-refractivity contribution in [1.29, 1.82) is 0 Å². The molecule has 0 amide bonds. The third kappa shape index (κ3) is 3.44. The molecule has 0 spiro atoms. The minimum Gasteiger partial charge on any atom is -0.444 e. The third-order valence-electron chi connectivity index (χ3n) is 1.13. The first-order valence-electron chi connectivity index (χ1n) is 2.92. The third-order valence-corrected chi connectivity index (χ3v) is 1.13. The number of nitrogens with two attached hydrogens (primary N) is 1. The van der Waals surface area contributed by atoms with Crippen LogP contribution in [0.1, 0.15) is 0 Å². The number of anilines is 1. The summed E-state index contributed by atoms with van der Waals surface area (Å²) in [6.45, 7) is -5.01. The van der Waals surface area contributed by atoms with E-state index in [1.54, 1.807) is 0 Å². The zero-order valence-corrected chi connectivity index (χ0v) is 9.59. The minimum atomic E-state index is -5.01. The van der Waals surface area contributed by atoms with Gasteiger partial charge in [-0.3, -0.25) is 4.98 Å². The van der Waals surface area contributed by atoms with Crippen LogP contribution in [0.25, 0.3) is 0 Å². The SMILES string of the molecule is Nc1cccc([B-](F)(F)F)n1.[K+].